The zero-order valence-electron chi connectivity index (χ0n) is 20.6. The molecule has 2 aromatic rings. The van der Waals surface area contributed by atoms with Gasteiger partial charge in [0.05, 0.1) is 13.2 Å². The molecule has 0 aromatic heterocycles. The number of benzene rings is 2. The molecule has 1 aliphatic rings. The van der Waals surface area contributed by atoms with E-state index < -0.39 is 29.8 Å². The highest BCUT2D eigenvalue weighted by atomic mass is 19.1. The molecule has 1 aliphatic heterocycles. The van der Waals surface area contributed by atoms with Crippen LogP contribution in [0.3, 0.4) is 0 Å². The summed E-state index contributed by atoms with van der Waals surface area (Å²) in [5.74, 6) is -1.34. The van der Waals surface area contributed by atoms with Gasteiger partial charge < -0.3 is 19.5 Å². The summed E-state index contributed by atoms with van der Waals surface area (Å²) < 4.78 is 30.6. The third-order valence-corrected chi connectivity index (χ3v) is 5.78. The third-order valence-electron chi connectivity index (χ3n) is 5.78. The van der Waals surface area contributed by atoms with E-state index in [2.05, 4.69) is 11.4 Å². The Bertz CT molecular complexity index is 998. The van der Waals surface area contributed by atoms with Crippen LogP contribution >= 0.6 is 0 Å². The number of alkyl halides is 1. The molecular weight excluding hydrogens is 449 g/mol. The van der Waals surface area contributed by atoms with E-state index in [4.69, 9.17) is 14.2 Å². The lowest BCUT2D eigenvalue weighted by molar-refractivity contribution is -0.170. The van der Waals surface area contributed by atoms with Gasteiger partial charge in [0.1, 0.15) is 18.3 Å². The van der Waals surface area contributed by atoms with Crippen molar-refractivity contribution in [3.05, 3.63) is 77.4 Å². The van der Waals surface area contributed by atoms with Crippen molar-refractivity contribution in [2.45, 2.75) is 57.5 Å². The van der Waals surface area contributed by atoms with E-state index in [1.807, 2.05) is 54.6 Å². The van der Waals surface area contributed by atoms with Crippen molar-refractivity contribution in [1.29, 1.82) is 0 Å². The molecule has 0 spiro atoms. The Morgan fingerprint density at radius 3 is 2.37 bits per heavy atom. The normalized spacial score (nSPS) is 15.6. The maximum absolute atomic E-state index is 14.2. The van der Waals surface area contributed by atoms with Gasteiger partial charge in [0.15, 0.2) is 0 Å². The molecule has 0 amide bonds. The molecule has 35 heavy (non-hydrogen) atoms. The van der Waals surface area contributed by atoms with Crippen LogP contribution in [0.5, 0.6) is 0 Å². The van der Waals surface area contributed by atoms with Crippen molar-refractivity contribution < 1.29 is 28.2 Å². The highest BCUT2D eigenvalue weighted by Crippen LogP contribution is 2.23. The smallest absolute Gasteiger partial charge is 0.348 e. The van der Waals surface area contributed by atoms with E-state index in [0.29, 0.717) is 13.2 Å². The standard InChI is InChI=1S/C28H34FNO5/c1-28(2,29)18-24(30-3)26(31)35-25(27(32)34-19-21-7-5-4-6-8-21)17-20-9-11-22(12-10-20)23-13-15-33-16-14-23/h4-13,24-25,30H,14-19H2,1-3H3/t24-,25+/m0/s1. The van der Waals surface area contributed by atoms with Gasteiger partial charge in [0.25, 0.3) is 0 Å². The first kappa shape index (κ1) is 26.6. The predicted octanol–water partition coefficient (Wildman–Crippen LogP) is 4.41. The predicted molar refractivity (Wildman–Crippen MR) is 132 cm³/mol. The highest BCUT2D eigenvalue weighted by Gasteiger charge is 2.32. The van der Waals surface area contributed by atoms with Crippen LogP contribution in [0, 0.1) is 0 Å². The zero-order chi connectivity index (χ0) is 25.3. The molecule has 0 saturated carbocycles. The molecule has 2 aromatic carbocycles. The second-order valence-corrected chi connectivity index (χ2v) is 9.24. The molecule has 0 unspecified atom stereocenters. The summed E-state index contributed by atoms with van der Waals surface area (Å²) >= 11 is 0. The maximum atomic E-state index is 14.2. The molecule has 188 valence electrons. The summed E-state index contributed by atoms with van der Waals surface area (Å²) in [6, 6.07) is 16.2. The van der Waals surface area contributed by atoms with E-state index in [1.165, 1.54) is 19.4 Å². The van der Waals surface area contributed by atoms with Crippen LogP contribution in [0.4, 0.5) is 4.39 Å². The molecule has 1 N–H and O–H groups in total. The summed E-state index contributed by atoms with van der Waals surface area (Å²) in [7, 11) is 1.56. The number of carbonyl (C=O) groups excluding carboxylic acids is 2. The molecule has 7 heteroatoms. The van der Waals surface area contributed by atoms with Gasteiger partial charge in [-0.3, -0.25) is 4.79 Å². The molecule has 2 atom stereocenters. The van der Waals surface area contributed by atoms with Crippen molar-refractivity contribution >= 4 is 17.5 Å². The van der Waals surface area contributed by atoms with Gasteiger partial charge in [-0.2, -0.15) is 0 Å². The number of carbonyl (C=O) groups is 2. The van der Waals surface area contributed by atoms with Crippen LogP contribution in [0.2, 0.25) is 0 Å². The van der Waals surface area contributed by atoms with Crippen molar-refractivity contribution in [2.75, 3.05) is 20.3 Å². The molecular formula is C28H34FNO5. The van der Waals surface area contributed by atoms with E-state index in [1.54, 1.807) is 7.05 Å². The average molecular weight is 484 g/mol. The van der Waals surface area contributed by atoms with Crippen LogP contribution in [0.15, 0.2) is 60.7 Å². The second kappa shape index (κ2) is 12.6. The fraction of sp³-hybridized carbons (Fsp3) is 0.429. The number of nitrogens with one attached hydrogen (secondary N) is 1. The van der Waals surface area contributed by atoms with Crippen LogP contribution in [-0.2, 0) is 36.8 Å². The summed E-state index contributed by atoms with van der Waals surface area (Å²) in [5.41, 5.74) is 2.39. The molecule has 0 saturated heterocycles. The van der Waals surface area contributed by atoms with Crippen molar-refractivity contribution in [3.63, 3.8) is 0 Å². The van der Waals surface area contributed by atoms with Gasteiger partial charge in [-0.25, -0.2) is 9.18 Å². The Kier molecular flexibility index (Phi) is 9.57. The van der Waals surface area contributed by atoms with E-state index in [9.17, 15) is 14.0 Å². The Hall–Kier alpha value is -3.03. The van der Waals surface area contributed by atoms with Gasteiger partial charge in [-0.15, -0.1) is 0 Å². The van der Waals surface area contributed by atoms with Crippen LogP contribution in [0.25, 0.3) is 5.57 Å². The van der Waals surface area contributed by atoms with Crippen LogP contribution < -0.4 is 5.32 Å². The molecule has 0 aliphatic carbocycles. The lowest BCUT2D eigenvalue weighted by Crippen LogP contribution is -2.43. The van der Waals surface area contributed by atoms with Gasteiger partial charge in [0, 0.05) is 12.8 Å². The number of ether oxygens (including phenoxy) is 3. The number of likely N-dealkylation sites (N-methyl/N-ethyl adjacent to an activating group) is 1. The fourth-order valence-electron chi connectivity index (χ4n) is 3.86. The lowest BCUT2D eigenvalue weighted by Gasteiger charge is -2.24. The van der Waals surface area contributed by atoms with Crippen LogP contribution in [0.1, 0.15) is 43.4 Å². The average Bonchev–Trinajstić information content (AvgIpc) is 2.86. The Morgan fingerprint density at radius 2 is 1.77 bits per heavy atom. The fourth-order valence-corrected chi connectivity index (χ4v) is 3.86. The molecule has 0 radical (unpaired) electrons. The summed E-state index contributed by atoms with van der Waals surface area (Å²) in [6.07, 6.45) is 1.83. The summed E-state index contributed by atoms with van der Waals surface area (Å²) in [6.45, 7) is 4.15. The number of halogens is 1. The minimum absolute atomic E-state index is 0.0653. The first-order chi connectivity index (χ1) is 16.7. The van der Waals surface area contributed by atoms with Gasteiger partial charge >= 0.3 is 11.9 Å². The van der Waals surface area contributed by atoms with Crippen LogP contribution in [-0.4, -0.2) is 50.0 Å². The minimum atomic E-state index is -1.58. The van der Waals surface area contributed by atoms with E-state index >= 15 is 0 Å². The Balaban J connectivity index is 1.72. The molecule has 0 bridgehead atoms. The molecule has 3 rings (SSSR count). The van der Waals surface area contributed by atoms with Gasteiger partial charge in [-0.05, 0) is 49.6 Å². The van der Waals surface area contributed by atoms with Gasteiger partial charge in [-0.1, -0.05) is 60.7 Å². The third kappa shape index (κ3) is 8.60. The monoisotopic (exact) mass is 483 g/mol. The molecule has 6 nitrogen and oxygen atoms in total. The first-order valence-electron chi connectivity index (χ1n) is 11.9. The summed E-state index contributed by atoms with van der Waals surface area (Å²) in [4.78, 5) is 25.8. The molecule has 0 fully saturated rings. The quantitative estimate of drug-likeness (QED) is 0.477. The highest BCUT2D eigenvalue weighted by molar-refractivity contribution is 5.82. The minimum Gasteiger partial charge on any atom is -0.458 e. The van der Waals surface area contributed by atoms with Crippen molar-refractivity contribution in [3.8, 4) is 0 Å². The largest absolute Gasteiger partial charge is 0.458 e. The second-order valence-electron chi connectivity index (χ2n) is 9.24. The maximum Gasteiger partial charge on any atom is 0.348 e. The Labute approximate surface area is 206 Å². The summed E-state index contributed by atoms with van der Waals surface area (Å²) in [5, 5.41) is 2.79. The number of esters is 2. The lowest BCUT2D eigenvalue weighted by atomic mass is 9.98. The van der Waals surface area contributed by atoms with Crippen molar-refractivity contribution in [1.82, 2.24) is 5.32 Å². The first-order valence-corrected chi connectivity index (χ1v) is 11.9. The number of rotatable bonds is 11. The Morgan fingerprint density at radius 1 is 1.06 bits per heavy atom. The number of hydrogen-bond donors (Lipinski definition) is 1. The topological polar surface area (TPSA) is 73.9 Å². The SMILES string of the molecule is CN[C@@H](CC(C)(C)F)C(=O)O[C@H](Cc1ccc(C2=CCOCC2)cc1)C(=O)OCc1ccccc1. The van der Waals surface area contributed by atoms with E-state index in [-0.39, 0.29) is 19.4 Å². The molecule has 1 heterocycles. The number of hydrogen-bond acceptors (Lipinski definition) is 6. The van der Waals surface area contributed by atoms with Gasteiger partial charge in [0.2, 0.25) is 6.10 Å². The van der Waals surface area contributed by atoms with E-state index in [0.717, 1.165) is 23.1 Å². The zero-order valence-corrected chi connectivity index (χ0v) is 20.6. The van der Waals surface area contributed by atoms with Crippen molar-refractivity contribution in [2.24, 2.45) is 0 Å².